The fraction of sp³-hybridized carbons (Fsp3) is 0. The summed E-state index contributed by atoms with van der Waals surface area (Å²) in [6.07, 6.45) is 1.95. The molecule has 26 rings (SSSR count). The van der Waals surface area contributed by atoms with Crippen molar-refractivity contribution in [1.82, 2.24) is 33.6 Å². The number of para-hydroxylation sites is 3. The molecule has 9 aromatic heterocycles. The number of benzene rings is 17. The molecule has 17 aromatic carbocycles. The highest BCUT2D eigenvalue weighted by Gasteiger charge is 2.27. The first kappa shape index (κ1) is 76.9. The molecule has 610 valence electrons. The number of thiophene rings is 2. The fourth-order valence-electron chi connectivity index (χ4n) is 18.9. The van der Waals surface area contributed by atoms with Crippen LogP contribution in [0.1, 0.15) is 0 Å². The van der Waals surface area contributed by atoms with Gasteiger partial charge in [-0.2, -0.15) is 0 Å². The molecule has 0 aliphatic rings. The molecule has 26 aromatic rings. The van der Waals surface area contributed by atoms with Crippen LogP contribution in [0.2, 0.25) is 0 Å². The second kappa shape index (κ2) is 33.0. The SMILES string of the molecule is c1ccc(-c2cc(-c3ccccc3)nc(-n3c4ccccc4c4c5sc(-c6ccccc6)c(-c6ccccc6)c5ccc43)c2)cc1.c1ccc(-c2cc(-c3ccccc3)nc(-n3c4ccccc4c4c5sc(-c6ccccc6)c(-c6ccccc6)c5ccc43)n2)cc1.c1ccc(-c2cc3ccc4c(c5ccccc5n4-c4cccc(-c5cc6ccccc6cn5)c4)c3o2)cc1. The number of nitrogens with zero attached hydrogens (tertiary/aromatic N) is 7. The summed E-state index contributed by atoms with van der Waals surface area (Å²) in [7, 11) is 0. The average Bonchev–Trinajstić information content (AvgIpc) is 1.56. The third kappa shape index (κ3) is 13.8. The average molecular weight is 1700 g/mol. The molecule has 0 atom stereocenters. The third-order valence-corrected chi connectivity index (χ3v) is 27.4. The molecule has 0 unspecified atom stereocenters. The van der Waals surface area contributed by atoms with E-state index >= 15 is 0 Å². The molecule has 0 saturated heterocycles. The van der Waals surface area contributed by atoms with Gasteiger partial charge in [-0.3, -0.25) is 14.1 Å². The number of aromatic nitrogens is 7. The summed E-state index contributed by atoms with van der Waals surface area (Å²) in [6, 6.07) is 163. The van der Waals surface area contributed by atoms with Gasteiger partial charge in [0.2, 0.25) is 5.95 Å². The van der Waals surface area contributed by atoms with E-state index in [4.69, 9.17) is 24.4 Å². The van der Waals surface area contributed by atoms with E-state index in [-0.39, 0.29) is 0 Å². The van der Waals surface area contributed by atoms with Crippen molar-refractivity contribution in [2.45, 2.75) is 0 Å². The minimum atomic E-state index is 0.661. The van der Waals surface area contributed by atoms with E-state index in [1.807, 2.05) is 65.3 Å². The summed E-state index contributed by atoms with van der Waals surface area (Å²) in [5, 5.41) is 13.2. The van der Waals surface area contributed by atoms with Crippen molar-refractivity contribution in [2.75, 3.05) is 0 Å². The molecular weight excluding hydrogens is 1620 g/mol. The molecule has 8 nitrogen and oxygen atoms in total. The number of hydrogen-bond acceptors (Lipinski definition) is 7. The maximum atomic E-state index is 6.54. The molecule has 130 heavy (non-hydrogen) atoms. The highest BCUT2D eigenvalue weighted by Crippen LogP contribution is 2.53. The molecule has 10 heteroatoms. The zero-order chi connectivity index (χ0) is 86.0. The fourth-order valence-corrected chi connectivity index (χ4v) is 21.7. The van der Waals surface area contributed by atoms with Crippen LogP contribution in [0, 0.1) is 0 Å². The number of rotatable bonds is 13. The standard InChI is InChI=1S/C43H28N2S.C42H27N3S.C35H22N2O/c1-5-15-29(16-6-1)33-27-36(30-17-7-2-8-18-30)44-39(28-33)45-37-24-14-13-23-34(37)41-38(45)26-25-35-40(31-19-9-3-10-20-31)42(46-43(35)41)32-21-11-4-12-22-32;1-5-15-28(16-6-1)34-27-35(29-17-7-2-8-18-29)44-42(43-34)45-36-24-14-13-23-32(36)39-37(45)26-25-33-38(30-19-9-3-10-20-30)40(46-41(33)39)31-21-11-4-12-22-31;1-2-9-23(10-3-1)33-21-26-17-18-32-34(35(26)38-33)29-15-6-7-16-31(29)37(32)28-14-8-13-25(19-28)30-20-24-11-4-5-12-27(24)22-36-30/h1-28H;1-27H;1-22H. The smallest absolute Gasteiger partial charge is 0.235 e. The van der Waals surface area contributed by atoms with Gasteiger partial charge in [0, 0.05) is 118 Å². The van der Waals surface area contributed by atoms with Crippen LogP contribution in [0.25, 0.3) is 235 Å². The molecule has 0 saturated carbocycles. The van der Waals surface area contributed by atoms with Crippen molar-refractivity contribution in [3.05, 3.63) is 467 Å². The Labute approximate surface area is 757 Å². The van der Waals surface area contributed by atoms with Crippen LogP contribution in [0.5, 0.6) is 0 Å². The zero-order valence-corrected chi connectivity index (χ0v) is 71.9. The molecule has 0 radical (unpaired) electrons. The highest BCUT2D eigenvalue weighted by atomic mass is 32.1. The lowest BCUT2D eigenvalue weighted by Crippen LogP contribution is -2.03. The predicted molar refractivity (Wildman–Crippen MR) is 546 cm³/mol. The molecule has 0 spiro atoms. The van der Waals surface area contributed by atoms with Gasteiger partial charge in [0.05, 0.1) is 61.3 Å². The van der Waals surface area contributed by atoms with Gasteiger partial charge < -0.3 is 8.98 Å². The first-order chi connectivity index (χ1) is 64.5. The van der Waals surface area contributed by atoms with Gasteiger partial charge >= 0.3 is 0 Å². The van der Waals surface area contributed by atoms with Gasteiger partial charge in [-0.15, -0.1) is 22.7 Å². The lowest BCUT2D eigenvalue weighted by molar-refractivity contribution is 0.635. The van der Waals surface area contributed by atoms with Crippen molar-refractivity contribution in [2.24, 2.45) is 0 Å². The molecule has 0 aliphatic heterocycles. The summed E-state index contributed by atoms with van der Waals surface area (Å²) in [5.41, 5.74) is 27.7. The van der Waals surface area contributed by atoms with Gasteiger partial charge in [-0.05, 0) is 124 Å². The maximum Gasteiger partial charge on any atom is 0.235 e. The maximum absolute atomic E-state index is 6.54. The Kier molecular flexibility index (Phi) is 19.5. The van der Waals surface area contributed by atoms with Crippen LogP contribution in [0.3, 0.4) is 0 Å². The van der Waals surface area contributed by atoms with Crippen LogP contribution in [0.15, 0.2) is 472 Å². The van der Waals surface area contributed by atoms with E-state index in [2.05, 4.69) is 438 Å². The second-order valence-electron chi connectivity index (χ2n) is 32.6. The van der Waals surface area contributed by atoms with E-state index in [9.17, 15) is 0 Å². The Morgan fingerprint density at radius 1 is 0.223 bits per heavy atom. The van der Waals surface area contributed by atoms with E-state index in [0.717, 1.165) is 128 Å². The highest BCUT2D eigenvalue weighted by molar-refractivity contribution is 7.24. The third-order valence-electron chi connectivity index (χ3n) is 24.9. The molecule has 0 aliphatic carbocycles. The number of fused-ring (bicyclic) bond motifs is 16. The largest absolute Gasteiger partial charge is 0.455 e. The summed E-state index contributed by atoms with van der Waals surface area (Å²) in [5.74, 6) is 2.46. The van der Waals surface area contributed by atoms with Gasteiger partial charge in [0.25, 0.3) is 0 Å². The van der Waals surface area contributed by atoms with Gasteiger partial charge in [-0.25, -0.2) is 15.0 Å². The van der Waals surface area contributed by atoms with E-state index in [1.165, 1.54) is 101 Å². The lowest BCUT2D eigenvalue weighted by Gasteiger charge is -2.13. The van der Waals surface area contributed by atoms with Gasteiger partial charge in [0.15, 0.2) is 0 Å². The monoisotopic (exact) mass is 1700 g/mol. The Balaban J connectivity index is 0.000000109. The number of hydrogen-bond donors (Lipinski definition) is 0. The molecule has 0 fully saturated rings. The lowest BCUT2D eigenvalue weighted by atomic mass is 9.98. The van der Waals surface area contributed by atoms with E-state index in [0.29, 0.717) is 5.95 Å². The predicted octanol–water partition coefficient (Wildman–Crippen LogP) is 32.9. The number of pyridine rings is 2. The summed E-state index contributed by atoms with van der Waals surface area (Å²) in [4.78, 5) is 23.1. The summed E-state index contributed by atoms with van der Waals surface area (Å²) < 4.78 is 16.0. The number of furan rings is 1. The van der Waals surface area contributed by atoms with Crippen molar-refractivity contribution < 1.29 is 4.42 Å². The van der Waals surface area contributed by atoms with Crippen molar-refractivity contribution in [1.29, 1.82) is 0 Å². The van der Waals surface area contributed by atoms with Gasteiger partial charge in [-0.1, -0.05) is 376 Å². The zero-order valence-electron chi connectivity index (χ0n) is 70.3. The van der Waals surface area contributed by atoms with E-state index in [1.54, 1.807) is 0 Å². The quantitative estimate of drug-likeness (QED) is 0.115. The molecule has 0 amide bonds. The first-order valence-electron chi connectivity index (χ1n) is 43.8. The molecule has 9 heterocycles. The Hall–Kier alpha value is -16.8. The van der Waals surface area contributed by atoms with Crippen LogP contribution in [-0.4, -0.2) is 33.6 Å². The summed E-state index contributed by atoms with van der Waals surface area (Å²) >= 11 is 3.76. The minimum absolute atomic E-state index is 0.661. The van der Waals surface area contributed by atoms with Crippen LogP contribution in [0.4, 0.5) is 0 Å². The van der Waals surface area contributed by atoms with Crippen LogP contribution in [-0.2, 0) is 0 Å². The van der Waals surface area contributed by atoms with Crippen LogP contribution < -0.4 is 0 Å². The normalized spacial score (nSPS) is 11.5. The minimum Gasteiger partial charge on any atom is -0.455 e. The topological polar surface area (TPSA) is 79.5 Å². The van der Waals surface area contributed by atoms with Crippen LogP contribution >= 0.6 is 22.7 Å². The molecular formula is C120H77N7OS2. The van der Waals surface area contributed by atoms with E-state index < -0.39 is 0 Å². The van der Waals surface area contributed by atoms with Crippen molar-refractivity contribution in [3.63, 3.8) is 0 Å². The first-order valence-corrected chi connectivity index (χ1v) is 45.4. The second-order valence-corrected chi connectivity index (χ2v) is 34.7. The Morgan fingerprint density at radius 3 is 1.15 bits per heavy atom. The molecule has 0 N–H and O–H groups in total. The summed E-state index contributed by atoms with van der Waals surface area (Å²) in [6.45, 7) is 0. The van der Waals surface area contributed by atoms with Crippen molar-refractivity contribution >= 4 is 130 Å². The Bertz CT molecular complexity index is 8280. The Morgan fingerprint density at radius 2 is 0.623 bits per heavy atom. The molecule has 0 bridgehead atoms. The van der Waals surface area contributed by atoms with Crippen molar-refractivity contribution in [3.8, 4) is 128 Å². The van der Waals surface area contributed by atoms with Gasteiger partial charge in [0.1, 0.15) is 17.2 Å².